The largest absolute Gasteiger partial charge is 0.351 e. The second-order valence-corrected chi connectivity index (χ2v) is 11.1. The molecule has 2 aromatic rings. The lowest BCUT2D eigenvalue weighted by molar-refractivity contribution is -0.124. The molecule has 1 saturated heterocycles. The van der Waals surface area contributed by atoms with Gasteiger partial charge in [-0.3, -0.25) is 9.59 Å². The van der Waals surface area contributed by atoms with Crippen molar-refractivity contribution >= 4 is 38.9 Å². The topological polar surface area (TPSA) is 95.6 Å². The minimum atomic E-state index is -3.67. The van der Waals surface area contributed by atoms with Crippen molar-refractivity contribution in [3.63, 3.8) is 0 Å². The summed E-state index contributed by atoms with van der Waals surface area (Å²) >= 11 is 1.22. The van der Waals surface area contributed by atoms with Gasteiger partial charge < -0.3 is 10.6 Å². The standard InChI is InChI=1S/C21H27N3O4S2/c1-14(2)20(25)23-17-9-7-16(8-10-17)13-22-21(26)18-5-4-12-24(18)30(27,28)19-11-6-15(3)29-19/h6-11,14,18H,4-5,12-13H2,1-3H3,(H,22,26)(H,23,25)/t18-/m0/s1. The van der Waals surface area contributed by atoms with Gasteiger partial charge in [-0.15, -0.1) is 11.3 Å². The number of anilines is 1. The van der Waals surface area contributed by atoms with E-state index in [9.17, 15) is 18.0 Å². The number of hydrogen-bond acceptors (Lipinski definition) is 5. The Hall–Kier alpha value is -2.23. The zero-order chi connectivity index (χ0) is 21.9. The van der Waals surface area contributed by atoms with Gasteiger partial charge in [-0.2, -0.15) is 4.31 Å². The van der Waals surface area contributed by atoms with Gasteiger partial charge in [0.2, 0.25) is 11.8 Å². The SMILES string of the molecule is Cc1ccc(S(=O)(=O)N2CCC[C@H]2C(=O)NCc2ccc(NC(=O)C(C)C)cc2)s1. The van der Waals surface area contributed by atoms with Gasteiger partial charge in [0.15, 0.2) is 0 Å². The van der Waals surface area contributed by atoms with E-state index >= 15 is 0 Å². The number of amides is 2. The van der Waals surface area contributed by atoms with Gasteiger partial charge >= 0.3 is 0 Å². The Balaban J connectivity index is 1.61. The molecule has 0 radical (unpaired) electrons. The van der Waals surface area contributed by atoms with Crippen LogP contribution in [0.3, 0.4) is 0 Å². The third-order valence-electron chi connectivity index (χ3n) is 5.00. The quantitative estimate of drug-likeness (QED) is 0.679. The van der Waals surface area contributed by atoms with Gasteiger partial charge in [0.1, 0.15) is 10.3 Å². The van der Waals surface area contributed by atoms with Crippen LogP contribution in [0.2, 0.25) is 0 Å². The number of aryl methyl sites for hydroxylation is 1. The summed E-state index contributed by atoms with van der Waals surface area (Å²) in [6, 6.07) is 9.90. The molecule has 0 aliphatic carbocycles. The van der Waals surface area contributed by atoms with Crippen LogP contribution in [-0.2, 0) is 26.2 Å². The molecule has 1 atom stereocenters. The third kappa shape index (κ3) is 5.08. The second-order valence-electron chi connectivity index (χ2n) is 7.70. The molecule has 1 aromatic heterocycles. The molecule has 1 aliphatic heterocycles. The Labute approximate surface area is 181 Å². The first-order chi connectivity index (χ1) is 14.2. The molecule has 1 aliphatic rings. The summed E-state index contributed by atoms with van der Waals surface area (Å²) in [5.41, 5.74) is 1.57. The van der Waals surface area contributed by atoms with E-state index in [2.05, 4.69) is 10.6 Å². The normalized spacial score (nSPS) is 17.3. The van der Waals surface area contributed by atoms with Crippen molar-refractivity contribution in [1.29, 1.82) is 0 Å². The zero-order valence-corrected chi connectivity index (χ0v) is 19.0. The molecule has 0 spiro atoms. The summed E-state index contributed by atoms with van der Waals surface area (Å²) in [6.07, 6.45) is 1.17. The highest BCUT2D eigenvalue weighted by Gasteiger charge is 2.39. The maximum Gasteiger partial charge on any atom is 0.253 e. The highest BCUT2D eigenvalue weighted by molar-refractivity contribution is 7.91. The van der Waals surface area contributed by atoms with Gasteiger partial charge in [-0.05, 0) is 49.6 Å². The monoisotopic (exact) mass is 449 g/mol. The fraction of sp³-hybridized carbons (Fsp3) is 0.429. The Morgan fingerprint density at radius 3 is 2.47 bits per heavy atom. The first-order valence-electron chi connectivity index (χ1n) is 9.94. The van der Waals surface area contributed by atoms with Crippen LogP contribution in [0.25, 0.3) is 0 Å². The molecule has 0 bridgehead atoms. The molecule has 3 rings (SSSR count). The van der Waals surface area contributed by atoms with Crippen LogP contribution < -0.4 is 10.6 Å². The number of rotatable bonds is 7. The minimum Gasteiger partial charge on any atom is -0.351 e. The zero-order valence-electron chi connectivity index (χ0n) is 17.3. The smallest absolute Gasteiger partial charge is 0.253 e. The molecule has 2 amide bonds. The molecule has 0 unspecified atom stereocenters. The molecular formula is C21H27N3O4S2. The number of benzene rings is 1. The average molecular weight is 450 g/mol. The van der Waals surface area contributed by atoms with Gasteiger partial charge in [0.25, 0.3) is 10.0 Å². The predicted molar refractivity (Wildman–Crippen MR) is 118 cm³/mol. The molecular weight excluding hydrogens is 422 g/mol. The maximum atomic E-state index is 12.9. The molecule has 1 aromatic carbocycles. The van der Waals surface area contributed by atoms with E-state index in [0.29, 0.717) is 31.6 Å². The van der Waals surface area contributed by atoms with Crippen LogP contribution in [0.4, 0.5) is 5.69 Å². The van der Waals surface area contributed by atoms with Crippen molar-refractivity contribution in [2.75, 3.05) is 11.9 Å². The van der Waals surface area contributed by atoms with E-state index in [-0.39, 0.29) is 21.9 Å². The average Bonchev–Trinajstić information content (AvgIpc) is 3.37. The van der Waals surface area contributed by atoms with Gasteiger partial charge in [-0.25, -0.2) is 8.42 Å². The van der Waals surface area contributed by atoms with E-state index in [0.717, 1.165) is 10.4 Å². The molecule has 7 nitrogen and oxygen atoms in total. The number of carbonyl (C=O) groups is 2. The molecule has 0 saturated carbocycles. The van der Waals surface area contributed by atoms with E-state index in [4.69, 9.17) is 0 Å². The summed E-state index contributed by atoms with van der Waals surface area (Å²) in [6.45, 7) is 6.15. The summed E-state index contributed by atoms with van der Waals surface area (Å²) in [5.74, 6) is -0.450. The first kappa shape index (κ1) is 22.5. The molecule has 162 valence electrons. The van der Waals surface area contributed by atoms with Crippen LogP contribution >= 0.6 is 11.3 Å². The molecule has 1 fully saturated rings. The van der Waals surface area contributed by atoms with Crippen molar-refractivity contribution in [1.82, 2.24) is 9.62 Å². The fourth-order valence-electron chi connectivity index (χ4n) is 3.26. The number of thiophene rings is 1. The molecule has 30 heavy (non-hydrogen) atoms. The Morgan fingerprint density at radius 1 is 1.17 bits per heavy atom. The molecule has 2 heterocycles. The van der Waals surface area contributed by atoms with Crippen LogP contribution in [0.5, 0.6) is 0 Å². The first-order valence-corrected chi connectivity index (χ1v) is 12.2. The van der Waals surface area contributed by atoms with E-state index in [1.807, 2.05) is 32.9 Å². The number of sulfonamides is 1. The Morgan fingerprint density at radius 2 is 1.87 bits per heavy atom. The van der Waals surface area contributed by atoms with Gasteiger partial charge in [-0.1, -0.05) is 26.0 Å². The lowest BCUT2D eigenvalue weighted by Crippen LogP contribution is -2.45. The van der Waals surface area contributed by atoms with Gasteiger partial charge in [0.05, 0.1) is 0 Å². The lowest BCUT2D eigenvalue weighted by Gasteiger charge is -2.22. The fourth-order valence-corrected chi connectivity index (χ4v) is 6.32. The van der Waals surface area contributed by atoms with E-state index in [1.54, 1.807) is 24.3 Å². The van der Waals surface area contributed by atoms with Crippen molar-refractivity contribution in [3.8, 4) is 0 Å². The van der Waals surface area contributed by atoms with Gasteiger partial charge in [0, 0.05) is 29.6 Å². The highest BCUT2D eigenvalue weighted by atomic mass is 32.2. The molecule has 9 heteroatoms. The Kier molecular flexibility index (Phi) is 6.95. The maximum absolute atomic E-state index is 12.9. The summed E-state index contributed by atoms with van der Waals surface area (Å²) in [4.78, 5) is 25.4. The highest BCUT2D eigenvalue weighted by Crippen LogP contribution is 2.30. The summed E-state index contributed by atoms with van der Waals surface area (Å²) in [7, 11) is -3.67. The summed E-state index contributed by atoms with van der Waals surface area (Å²) in [5, 5.41) is 5.67. The number of nitrogens with zero attached hydrogens (tertiary/aromatic N) is 1. The summed E-state index contributed by atoms with van der Waals surface area (Å²) < 4.78 is 27.5. The number of hydrogen-bond donors (Lipinski definition) is 2. The third-order valence-corrected chi connectivity index (χ3v) is 8.37. The van der Waals surface area contributed by atoms with Crippen molar-refractivity contribution in [3.05, 3.63) is 46.8 Å². The second kappa shape index (κ2) is 9.28. The van der Waals surface area contributed by atoms with Crippen LogP contribution in [-0.4, -0.2) is 37.1 Å². The molecule has 2 N–H and O–H groups in total. The van der Waals surface area contributed by atoms with E-state index < -0.39 is 16.1 Å². The van der Waals surface area contributed by atoms with Crippen molar-refractivity contribution in [2.24, 2.45) is 5.92 Å². The minimum absolute atomic E-state index is 0.0560. The number of nitrogens with one attached hydrogen (secondary N) is 2. The van der Waals surface area contributed by atoms with Crippen molar-refractivity contribution < 1.29 is 18.0 Å². The van der Waals surface area contributed by atoms with E-state index in [1.165, 1.54) is 15.6 Å². The Bertz CT molecular complexity index is 1010. The van der Waals surface area contributed by atoms with Crippen LogP contribution in [0.1, 0.15) is 37.1 Å². The van der Waals surface area contributed by atoms with Crippen molar-refractivity contribution in [2.45, 2.75) is 50.4 Å². The van der Waals surface area contributed by atoms with Crippen LogP contribution in [0, 0.1) is 12.8 Å². The predicted octanol–water partition coefficient (Wildman–Crippen LogP) is 3.12. The lowest BCUT2D eigenvalue weighted by atomic mass is 10.1. The van der Waals surface area contributed by atoms with Crippen LogP contribution in [0.15, 0.2) is 40.6 Å². The number of carbonyl (C=O) groups excluding carboxylic acids is 2.